The van der Waals surface area contributed by atoms with Gasteiger partial charge in [0.1, 0.15) is 0 Å². The molecule has 0 spiro atoms. The Bertz CT molecular complexity index is 294. The lowest BCUT2D eigenvalue weighted by Crippen LogP contribution is -1.83. The van der Waals surface area contributed by atoms with Crippen LogP contribution in [0.2, 0.25) is 0 Å². The Kier molecular flexibility index (Phi) is 1.31. The van der Waals surface area contributed by atoms with Crippen LogP contribution in [0, 0.1) is 0 Å². The van der Waals surface area contributed by atoms with Gasteiger partial charge in [-0.3, -0.25) is 9.98 Å². The molecule has 50 valence electrons. The maximum atomic E-state index is 4.19. The van der Waals surface area contributed by atoms with E-state index in [9.17, 15) is 0 Å². The highest BCUT2D eigenvalue weighted by Crippen LogP contribution is 2.24. The van der Waals surface area contributed by atoms with Gasteiger partial charge in [0.25, 0.3) is 0 Å². The largest absolute Gasteiger partial charge is 0.259 e. The molecule has 0 saturated carbocycles. The van der Waals surface area contributed by atoms with E-state index >= 15 is 0 Å². The van der Waals surface area contributed by atoms with Crippen molar-refractivity contribution in [1.29, 1.82) is 0 Å². The van der Waals surface area contributed by atoms with Crippen molar-refractivity contribution in [2.24, 2.45) is 4.99 Å². The van der Waals surface area contributed by atoms with Crippen LogP contribution in [0.1, 0.15) is 5.69 Å². The molecule has 3 heteroatoms. The number of pyridine rings is 1. The lowest BCUT2D eigenvalue weighted by molar-refractivity contribution is 1.17. The van der Waals surface area contributed by atoms with Crippen molar-refractivity contribution in [2.75, 3.05) is 0 Å². The molecule has 0 amide bonds. The van der Waals surface area contributed by atoms with Crippen molar-refractivity contribution in [3.63, 3.8) is 0 Å². The molecule has 10 heavy (non-hydrogen) atoms. The molecule has 0 atom stereocenters. The van der Waals surface area contributed by atoms with Gasteiger partial charge in [-0.25, -0.2) is 0 Å². The summed E-state index contributed by atoms with van der Waals surface area (Å²) in [6.07, 6.45) is 4.56. The number of rotatable bonds is 0. The van der Waals surface area contributed by atoms with Gasteiger partial charge in [0.15, 0.2) is 0 Å². The van der Waals surface area contributed by atoms with Crippen LogP contribution in [0.3, 0.4) is 0 Å². The van der Waals surface area contributed by atoms with E-state index in [0.717, 1.165) is 22.3 Å². The minimum atomic E-state index is 0.878. The minimum Gasteiger partial charge on any atom is -0.259 e. The molecule has 1 aliphatic rings. The van der Waals surface area contributed by atoms with Crippen molar-refractivity contribution < 1.29 is 0 Å². The Morgan fingerprint density at radius 1 is 1.50 bits per heavy atom. The van der Waals surface area contributed by atoms with Crippen molar-refractivity contribution in [3.05, 3.63) is 22.4 Å². The number of aromatic nitrogens is 1. The molecule has 0 saturated heterocycles. The molecule has 1 aliphatic heterocycles. The van der Waals surface area contributed by atoms with Crippen LogP contribution >= 0.6 is 15.9 Å². The van der Waals surface area contributed by atoms with Gasteiger partial charge in [0.2, 0.25) is 0 Å². The van der Waals surface area contributed by atoms with Crippen molar-refractivity contribution >= 4 is 27.8 Å². The summed E-state index contributed by atoms with van der Waals surface area (Å²) in [7, 11) is 0. The van der Waals surface area contributed by atoms with E-state index in [1.54, 1.807) is 6.20 Å². The summed E-state index contributed by atoms with van der Waals surface area (Å²) >= 11 is 3.33. The molecule has 0 radical (unpaired) electrons. The Hall–Kier alpha value is -0.700. The average molecular weight is 197 g/mol. The third-order valence-electron chi connectivity index (χ3n) is 1.43. The summed E-state index contributed by atoms with van der Waals surface area (Å²) in [5.41, 5.74) is 2.07. The Morgan fingerprint density at radius 2 is 2.40 bits per heavy atom. The van der Waals surface area contributed by atoms with Crippen molar-refractivity contribution in [1.82, 2.24) is 4.98 Å². The average Bonchev–Trinajstić information content (AvgIpc) is 2.33. The lowest BCUT2D eigenvalue weighted by Gasteiger charge is -1.94. The van der Waals surface area contributed by atoms with Gasteiger partial charge < -0.3 is 0 Å². The van der Waals surface area contributed by atoms with Gasteiger partial charge in [-0.1, -0.05) is 0 Å². The molecule has 1 aromatic rings. The zero-order chi connectivity index (χ0) is 6.97. The third-order valence-corrected chi connectivity index (χ3v) is 1.86. The van der Waals surface area contributed by atoms with E-state index in [1.165, 1.54) is 0 Å². The maximum absolute atomic E-state index is 4.19. The standard InChI is InChI=1S/C7H5BrN2/c8-5-3-7-6(10-4-5)1-2-9-7/h2-4H,1H2. The minimum absolute atomic E-state index is 0.878. The first-order valence-electron chi connectivity index (χ1n) is 3.03. The highest BCUT2D eigenvalue weighted by atomic mass is 79.9. The van der Waals surface area contributed by atoms with Gasteiger partial charge >= 0.3 is 0 Å². The van der Waals surface area contributed by atoms with Gasteiger partial charge in [-0.15, -0.1) is 0 Å². The number of nitrogens with zero attached hydrogens (tertiary/aromatic N) is 2. The summed E-state index contributed by atoms with van der Waals surface area (Å²) in [5.74, 6) is 0. The first kappa shape index (κ1) is 6.04. The SMILES string of the molecule is Brc1cnc2c(c1)N=CC2. The van der Waals surface area contributed by atoms with Crippen LogP contribution in [-0.4, -0.2) is 11.2 Å². The maximum Gasteiger partial charge on any atom is 0.0856 e. The molecule has 1 aromatic heterocycles. The zero-order valence-electron chi connectivity index (χ0n) is 5.21. The van der Waals surface area contributed by atoms with Crippen LogP contribution in [0.4, 0.5) is 5.69 Å². The Labute approximate surface area is 67.1 Å². The fraction of sp³-hybridized carbons (Fsp3) is 0.143. The fourth-order valence-electron chi connectivity index (χ4n) is 0.956. The highest BCUT2D eigenvalue weighted by Gasteiger charge is 2.06. The van der Waals surface area contributed by atoms with E-state index in [1.807, 2.05) is 12.3 Å². The predicted octanol–water partition coefficient (Wildman–Crippen LogP) is 2.10. The molecule has 2 heterocycles. The molecule has 2 nitrogen and oxygen atoms in total. The predicted molar refractivity (Wildman–Crippen MR) is 43.8 cm³/mol. The van der Waals surface area contributed by atoms with Crippen LogP contribution < -0.4 is 0 Å². The second-order valence-electron chi connectivity index (χ2n) is 2.14. The van der Waals surface area contributed by atoms with Crippen LogP contribution in [0.5, 0.6) is 0 Å². The van der Waals surface area contributed by atoms with E-state index in [4.69, 9.17) is 0 Å². The topological polar surface area (TPSA) is 25.2 Å². The van der Waals surface area contributed by atoms with Crippen LogP contribution in [0.25, 0.3) is 0 Å². The van der Waals surface area contributed by atoms with E-state index in [0.29, 0.717) is 0 Å². The molecule has 2 rings (SSSR count). The molecule has 0 fully saturated rings. The van der Waals surface area contributed by atoms with Gasteiger partial charge in [-0.2, -0.15) is 0 Å². The van der Waals surface area contributed by atoms with Gasteiger partial charge in [-0.05, 0) is 22.0 Å². The summed E-state index contributed by atoms with van der Waals surface area (Å²) in [5, 5.41) is 0. The Morgan fingerprint density at radius 3 is 3.30 bits per heavy atom. The smallest absolute Gasteiger partial charge is 0.0856 e. The molecule has 0 bridgehead atoms. The number of aliphatic imine (C=N–C) groups is 1. The van der Waals surface area contributed by atoms with E-state index < -0.39 is 0 Å². The molecular formula is C7H5BrN2. The summed E-state index contributed by atoms with van der Waals surface area (Å²) < 4.78 is 0.991. The summed E-state index contributed by atoms with van der Waals surface area (Å²) in [6, 6.07) is 1.98. The quantitative estimate of drug-likeness (QED) is 0.625. The first-order chi connectivity index (χ1) is 4.86. The van der Waals surface area contributed by atoms with Crippen LogP contribution in [-0.2, 0) is 6.42 Å². The number of hydrogen-bond donors (Lipinski definition) is 0. The molecule has 0 aromatic carbocycles. The number of halogens is 1. The van der Waals surface area contributed by atoms with Crippen molar-refractivity contribution in [3.8, 4) is 0 Å². The number of hydrogen-bond acceptors (Lipinski definition) is 2. The van der Waals surface area contributed by atoms with E-state index in [-0.39, 0.29) is 0 Å². The molecule has 0 unspecified atom stereocenters. The third kappa shape index (κ3) is 0.865. The monoisotopic (exact) mass is 196 g/mol. The highest BCUT2D eigenvalue weighted by molar-refractivity contribution is 9.10. The van der Waals surface area contributed by atoms with E-state index in [2.05, 4.69) is 25.9 Å². The molecule has 0 aliphatic carbocycles. The fourth-order valence-corrected chi connectivity index (χ4v) is 1.28. The normalized spacial score (nSPS) is 13.7. The van der Waals surface area contributed by atoms with Gasteiger partial charge in [0.05, 0.1) is 11.4 Å². The first-order valence-corrected chi connectivity index (χ1v) is 3.82. The molecular weight excluding hydrogens is 192 g/mol. The second kappa shape index (κ2) is 2.16. The van der Waals surface area contributed by atoms with Crippen LogP contribution in [0.15, 0.2) is 21.7 Å². The lowest BCUT2D eigenvalue weighted by atomic mass is 10.3. The Balaban J connectivity index is 2.60. The summed E-state index contributed by atoms with van der Waals surface area (Å²) in [6.45, 7) is 0. The zero-order valence-corrected chi connectivity index (χ0v) is 6.80. The molecule has 0 N–H and O–H groups in total. The summed E-state index contributed by atoms with van der Waals surface area (Å²) in [4.78, 5) is 8.33. The second-order valence-corrected chi connectivity index (χ2v) is 3.05. The van der Waals surface area contributed by atoms with Gasteiger partial charge in [0, 0.05) is 23.3 Å². The van der Waals surface area contributed by atoms with Crippen molar-refractivity contribution in [2.45, 2.75) is 6.42 Å². The number of fused-ring (bicyclic) bond motifs is 1.